The predicted octanol–water partition coefficient (Wildman–Crippen LogP) is 4.17. The van der Waals surface area contributed by atoms with Gasteiger partial charge in [-0.2, -0.15) is 0 Å². The topological polar surface area (TPSA) is 79.3 Å². The highest BCUT2D eigenvalue weighted by Crippen LogP contribution is 2.41. The second-order valence-electron chi connectivity index (χ2n) is 9.10. The summed E-state index contributed by atoms with van der Waals surface area (Å²) in [5, 5.41) is 11.4. The molecule has 0 spiro atoms. The zero-order chi connectivity index (χ0) is 25.1. The number of aliphatic hydroxyl groups excluding tert-OH is 1. The van der Waals surface area contributed by atoms with Gasteiger partial charge in [-0.05, 0) is 74.4 Å². The number of hydrogen-bond donors (Lipinski definition) is 1. The van der Waals surface area contributed by atoms with Crippen molar-refractivity contribution in [2.75, 3.05) is 33.3 Å². The Hall–Kier alpha value is -3.32. The summed E-state index contributed by atoms with van der Waals surface area (Å²) in [5.74, 6) is 0.000203. The molecule has 2 unspecified atom stereocenters. The quantitative estimate of drug-likeness (QED) is 0.331. The molecule has 7 heteroatoms. The van der Waals surface area contributed by atoms with Crippen molar-refractivity contribution >= 4 is 17.4 Å². The SMILES string of the molecule is CCN(CC)CCCN1C(=O)C(=O)/C(=C(\O)c2ccc3c(c2)CC(C)O3)C1c1cccc(OC)c1. The maximum Gasteiger partial charge on any atom is 0.295 e. The Kier molecular flexibility index (Phi) is 7.45. The van der Waals surface area contributed by atoms with E-state index in [0.29, 0.717) is 17.9 Å². The highest BCUT2D eigenvalue weighted by molar-refractivity contribution is 6.46. The molecule has 2 aromatic rings. The van der Waals surface area contributed by atoms with Gasteiger partial charge in [-0.3, -0.25) is 9.59 Å². The minimum absolute atomic E-state index is 0.0653. The molecule has 2 atom stereocenters. The van der Waals surface area contributed by atoms with Crippen LogP contribution in [0.3, 0.4) is 0 Å². The number of carbonyl (C=O) groups excluding carboxylic acids is 2. The fourth-order valence-electron chi connectivity index (χ4n) is 5.00. The number of carbonyl (C=O) groups is 2. The number of likely N-dealkylation sites (tertiary alicyclic amines) is 1. The molecule has 2 aliphatic heterocycles. The standard InChI is InChI=1S/C28H34N2O5/c1-5-29(6-2)13-8-14-30-25(19-9-7-10-22(17-19)34-4)24(27(32)28(30)33)26(31)20-11-12-23-21(16-20)15-18(3)35-23/h7,9-12,16-18,25,31H,5-6,8,13-15H2,1-4H3/b26-24-. The van der Waals surface area contributed by atoms with Crippen molar-refractivity contribution in [3.8, 4) is 11.5 Å². The van der Waals surface area contributed by atoms with E-state index in [2.05, 4.69) is 18.7 Å². The average Bonchev–Trinajstić information content (AvgIpc) is 3.37. The molecular formula is C28H34N2O5. The lowest BCUT2D eigenvalue weighted by molar-refractivity contribution is -0.140. The number of methoxy groups -OCH3 is 1. The lowest BCUT2D eigenvalue weighted by Crippen LogP contribution is -2.33. The molecule has 0 aromatic heterocycles. The average molecular weight is 479 g/mol. The maximum absolute atomic E-state index is 13.3. The Morgan fingerprint density at radius 1 is 1.17 bits per heavy atom. The zero-order valence-corrected chi connectivity index (χ0v) is 20.9. The Bertz CT molecular complexity index is 1140. The summed E-state index contributed by atoms with van der Waals surface area (Å²) in [6, 6.07) is 12.0. The molecular weight excluding hydrogens is 444 g/mol. The van der Waals surface area contributed by atoms with Crippen LogP contribution in [0.25, 0.3) is 5.76 Å². The molecule has 1 fully saturated rings. The van der Waals surface area contributed by atoms with Crippen LogP contribution in [-0.4, -0.2) is 66.0 Å². The van der Waals surface area contributed by atoms with Gasteiger partial charge in [0.05, 0.1) is 18.7 Å². The minimum atomic E-state index is -0.690. The Labute approximate surface area is 206 Å². The number of amides is 1. The van der Waals surface area contributed by atoms with Crippen LogP contribution in [0.2, 0.25) is 0 Å². The minimum Gasteiger partial charge on any atom is -0.507 e. The monoisotopic (exact) mass is 478 g/mol. The maximum atomic E-state index is 13.3. The number of ketones is 1. The molecule has 0 bridgehead atoms. The van der Waals surface area contributed by atoms with Crippen LogP contribution >= 0.6 is 0 Å². The van der Waals surface area contributed by atoms with Crippen LogP contribution < -0.4 is 9.47 Å². The summed E-state index contributed by atoms with van der Waals surface area (Å²) in [4.78, 5) is 30.4. The summed E-state index contributed by atoms with van der Waals surface area (Å²) in [7, 11) is 1.58. The lowest BCUT2D eigenvalue weighted by atomic mass is 9.94. The molecule has 1 amide bonds. The number of fused-ring (bicyclic) bond motifs is 1. The highest BCUT2D eigenvalue weighted by Gasteiger charge is 2.46. The number of nitrogens with zero attached hydrogens (tertiary/aromatic N) is 2. The number of hydrogen-bond acceptors (Lipinski definition) is 6. The fraction of sp³-hybridized carbons (Fsp3) is 0.429. The van der Waals surface area contributed by atoms with Crippen molar-refractivity contribution in [1.82, 2.24) is 9.80 Å². The van der Waals surface area contributed by atoms with Crippen LogP contribution in [-0.2, 0) is 16.0 Å². The molecule has 0 aliphatic carbocycles. The van der Waals surface area contributed by atoms with Gasteiger partial charge in [0.25, 0.3) is 11.7 Å². The third-order valence-corrected chi connectivity index (χ3v) is 6.89. The van der Waals surface area contributed by atoms with E-state index < -0.39 is 17.7 Å². The van der Waals surface area contributed by atoms with E-state index >= 15 is 0 Å². The smallest absolute Gasteiger partial charge is 0.295 e. The van der Waals surface area contributed by atoms with Gasteiger partial charge in [-0.1, -0.05) is 26.0 Å². The van der Waals surface area contributed by atoms with Gasteiger partial charge in [-0.15, -0.1) is 0 Å². The Morgan fingerprint density at radius 3 is 2.66 bits per heavy atom. The lowest BCUT2D eigenvalue weighted by Gasteiger charge is -2.27. The van der Waals surface area contributed by atoms with E-state index in [-0.39, 0.29) is 17.4 Å². The van der Waals surface area contributed by atoms with Gasteiger partial charge >= 0.3 is 0 Å². The third-order valence-electron chi connectivity index (χ3n) is 6.89. The summed E-state index contributed by atoms with van der Waals surface area (Å²) in [6.45, 7) is 9.29. The van der Waals surface area contributed by atoms with E-state index in [0.717, 1.165) is 49.4 Å². The molecule has 0 radical (unpaired) electrons. The van der Waals surface area contributed by atoms with Crippen LogP contribution in [0.4, 0.5) is 0 Å². The first-order valence-electron chi connectivity index (χ1n) is 12.3. The number of rotatable bonds is 9. The number of ether oxygens (including phenoxy) is 2. The van der Waals surface area contributed by atoms with E-state index in [1.807, 2.05) is 43.3 Å². The van der Waals surface area contributed by atoms with Crippen molar-refractivity contribution in [3.05, 3.63) is 64.7 Å². The largest absolute Gasteiger partial charge is 0.507 e. The summed E-state index contributed by atoms with van der Waals surface area (Å²) in [6.07, 6.45) is 1.52. The second kappa shape index (κ2) is 10.5. The highest BCUT2D eigenvalue weighted by atomic mass is 16.5. The van der Waals surface area contributed by atoms with Crippen molar-refractivity contribution in [2.45, 2.75) is 45.8 Å². The van der Waals surface area contributed by atoms with Gasteiger partial charge in [0.2, 0.25) is 0 Å². The first-order chi connectivity index (χ1) is 16.9. The summed E-state index contributed by atoms with van der Waals surface area (Å²) >= 11 is 0. The molecule has 0 saturated carbocycles. The van der Waals surface area contributed by atoms with Crippen LogP contribution in [0.1, 0.15) is 49.9 Å². The van der Waals surface area contributed by atoms with E-state index in [1.165, 1.54) is 0 Å². The molecule has 35 heavy (non-hydrogen) atoms. The van der Waals surface area contributed by atoms with Gasteiger partial charge in [0, 0.05) is 18.5 Å². The van der Waals surface area contributed by atoms with E-state index in [4.69, 9.17) is 9.47 Å². The van der Waals surface area contributed by atoms with E-state index in [1.54, 1.807) is 18.1 Å². The predicted molar refractivity (Wildman–Crippen MR) is 135 cm³/mol. The zero-order valence-electron chi connectivity index (χ0n) is 20.9. The normalized spacial score (nSPS) is 20.9. The molecule has 7 nitrogen and oxygen atoms in total. The molecule has 2 aliphatic rings. The fourth-order valence-corrected chi connectivity index (χ4v) is 5.00. The summed E-state index contributed by atoms with van der Waals surface area (Å²) < 4.78 is 11.2. The molecule has 4 rings (SSSR count). The third kappa shape index (κ3) is 4.91. The van der Waals surface area contributed by atoms with Gasteiger partial charge < -0.3 is 24.4 Å². The van der Waals surface area contributed by atoms with Crippen LogP contribution in [0.15, 0.2) is 48.0 Å². The number of benzene rings is 2. The van der Waals surface area contributed by atoms with Crippen molar-refractivity contribution in [2.24, 2.45) is 0 Å². The first kappa shape index (κ1) is 24.8. The van der Waals surface area contributed by atoms with Crippen LogP contribution in [0.5, 0.6) is 11.5 Å². The van der Waals surface area contributed by atoms with E-state index in [9.17, 15) is 14.7 Å². The molecule has 2 aromatic carbocycles. The van der Waals surface area contributed by atoms with Gasteiger partial charge in [-0.25, -0.2) is 0 Å². The number of aliphatic hydroxyl groups is 1. The number of Topliss-reactive ketones (excluding diaryl/α,β-unsaturated/α-hetero) is 1. The molecule has 2 heterocycles. The van der Waals surface area contributed by atoms with Crippen molar-refractivity contribution in [1.29, 1.82) is 0 Å². The molecule has 1 saturated heterocycles. The van der Waals surface area contributed by atoms with Crippen molar-refractivity contribution in [3.63, 3.8) is 0 Å². The first-order valence-corrected chi connectivity index (χ1v) is 12.3. The van der Waals surface area contributed by atoms with Gasteiger partial charge in [0.1, 0.15) is 23.4 Å². The molecule has 1 N–H and O–H groups in total. The Balaban J connectivity index is 1.75. The Morgan fingerprint density at radius 2 is 1.94 bits per heavy atom. The van der Waals surface area contributed by atoms with Gasteiger partial charge in [0.15, 0.2) is 0 Å². The van der Waals surface area contributed by atoms with Crippen LogP contribution in [0, 0.1) is 0 Å². The van der Waals surface area contributed by atoms with Crippen molar-refractivity contribution < 1.29 is 24.2 Å². The second-order valence-corrected chi connectivity index (χ2v) is 9.10. The molecule has 186 valence electrons. The summed E-state index contributed by atoms with van der Waals surface area (Å²) in [5.41, 5.74) is 2.33.